The molecule has 2 unspecified atom stereocenters. The van der Waals surface area contributed by atoms with Gasteiger partial charge in [-0.1, -0.05) is 18.2 Å². The molecule has 2 aromatic rings. The van der Waals surface area contributed by atoms with E-state index in [-0.39, 0.29) is 56.2 Å². The Morgan fingerprint density at radius 2 is 1.60 bits per heavy atom. The number of halogens is 8. The first kappa shape index (κ1) is 35.3. The number of urea groups is 2. The number of nitrogens with one attached hydrogen (secondary N) is 2. The van der Waals surface area contributed by atoms with E-state index < -0.39 is 91.3 Å². The fraction of sp³-hybridized carbons (Fsp3) is 0.483. The maximum absolute atomic E-state index is 15.0. The highest BCUT2D eigenvalue weighted by Gasteiger charge is 2.74. The number of fused-ring (bicyclic) bond motifs is 3. The molecule has 2 aromatic carbocycles. The number of primary amides is 1. The molecule has 0 radical (unpaired) electrons. The molecular weight excluding hydrogens is 684 g/mol. The van der Waals surface area contributed by atoms with E-state index in [1.807, 2.05) is 5.32 Å². The number of amides is 5. The largest absolute Gasteiger partial charge is 0.435 e. The number of imide groups is 1. The minimum atomic E-state index is -6.41. The van der Waals surface area contributed by atoms with Crippen LogP contribution in [0.1, 0.15) is 36.0 Å². The Labute approximate surface area is 267 Å². The Bertz CT molecular complexity index is 1710. The first-order valence-electron chi connectivity index (χ1n) is 14.5. The van der Waals surface area contributed by atoms with E-state index in [0.717, 1.165) is 29.2 Å². The molecule has 0 aromatic heterocycles. The van der Waals surface area contributed by atoms with Crippen molar-refractivity contribution in [3.05, 3.63) is 65.0 Å². The number of nitrogens with zero attached hydrogens (tertiary/aromatic N) is 1. The Kier molecular flexibility index (Phi) is 8.94. The van der Waals surface area contributed by atoms with E-state index in [1.54, 1.807) is 0 Å². The fourth-order valence-corrected chi connectivity index (χ4v) is 9.29. The third-order valence-electron chi connectivity index (χ3n) is 9.18. The smallest absolute Gasteiger partial charge is 0.380 e. The van der Waals surface area contributed by atoms with Crippen LogP contribution in [0.25, 0.3) is 0 Å². The van der Waals surface area contributed by atoms with Gasteiger partial charge in [-0.2, -0.15) is 26.3 Å². The molecule has 0 spiro atoms. The molecule has 5 amide bonds. The molecule has 0 bridgehead atoms. The lowest BCUT2D eigenvalue weighted by Crippen LogP contribution is -2.58. The molecule has 1 aliphatic carbocycles. The van der Waals surface area contributed by atoms with Gasteiger partial charge in [0, 0.05) is 24.8 Å². The van der Waals surface area contributed by atoms with Crippen LogP contribution in [-0.2, 0) is 36.2 Å². The van der Waals surface area contributed by atoms with Gasteiger partial charge in [0.15, 0.2) is 9.84 Å². The highest BCUT2D eigenvalue weighted by Crippen LogP contribution is 2.56. The number of rotatable bonds is 5. The molecule has 0 saturated carbocycles. The average Bonchev–Trinajstić information content (AvgIpc) is 3.41. The summed E-state index contributed by atoms with van der Waals surface area (Å²) in [4.78, 5) is 38.2. The second-order valence-electron chi connectivity index (χ2n) is 11.8. The summed E-state index contributed by atoms with van der Waals surface area (Å²) in [6.45, 7) is -0.366. The van der Waals surface area contributed by atoms with E-state index in [0.29, 0.717) is 12.1 Å². The minimum absolute atomic E-state index is 0.106. The molecule has 262 valence electrons. The van der Waals surface area contributed by atoms with Crippen molar-refractivity contribution >= 4 is 27.8 Å². The molecular formula is C29H28F8N4O6S. The molecule has 10 nitrogen and oxygen atoms in total. The third kappa shape index (κ3) is 5.63. The van der Waals surface area contributed by atoms with Crippen LogP contribution in [-0.4, -0.2) is 75.5 Å². The summed E-state index contributed by atoms with van der Waals surface area (Å²) in [7, 11) is -4.69. The normalized spacial score (nSPS) is 24.8. The number of likely N-dealkylation sites (tertiary alicyclic amines) is 1. The number of hydrogen-bond acceptors (Lipinski definition) is 6. The Balaban J connectivity index is 1.58. The minimum Gasteiger partial charge on any atom is -0.380 e. The van der Waals surface area contributed by atoms with Gasteiger partial charge in [0.1, 0.15) is 10.6 Å². The number of ether oxygens (including phenoxy) is 1. The predicted octanol–water partition coefficient (Wildman–Crippen LogP) is 4.11. The van der Waals surface area contributed by atoms with Crippen molar-refractivity contribution in [3.63, 3.8) is 0 Å². The zero-order valence-corrected chi connectivity index (χ0v) is 25.4. The number of nitrogens with two attached hydrogens (primary N) is 1. The van der Waals surface area contributed by atoms with Crippen molar-refractivity contribution in [2.75, 3.05) is 19.8 Å². The predicted molar refractivity (Wildman–Crippen MR) is 149 cm³/mol. The van der Waals surface area contributed by atoms with Gasteiger partial charge in [-0.3, -0.25) is 10.1 Å². The molecule has 3 aliphatic rings. The standard InChI is InChI=1S/C29H28F8N4O6S/c30-17-3-5-18(6-4-17)48(45,46)26-10-11-41(25(44)39-21-9-12-47-14-19(21)23(42)40-24(38)43)22(26)8-1-15-13-16(2-7-20(15)26)27(31,28(32,33)34)29(35,36)37/h2-7,13,19,21-22H,1,8-12,14H2,(H,39,44)(H3,38,40,42,43)/t19?,21?,22-,26-/m1/s1. The van der Waals surface area contributed by atoms with Gasteiger partial charge >= 0.3 is 30.1 Å². The van der Waals surface area contributed by atoms with Crippen LogP contribution < -0.4 is 16.4 Å². The number of aryl methyl sites for hydroxylation is 1. The summed E-state index contributed by atoms with van der Waals surface area (Å²) in [6, 6.07) is 0.680. The Morgan fingerprint density at radius 3 is 2.21 bits per heavy atom. The average molecular weight is 713 g/mol. The SMILES string of the molecule is NC(=O)NC(=O)C1COCCC1NC(=O)N1CC[C@@]2(S(=O)(=O)c3ccc(F)cc3)c3ccc(C(F)(C(F)(F)F)C(F)(F)F)cc3CC[C@@H]12. The lowest BCUT2D eigenvalue weighted by molar-refractivity contribution is -0.348. The molecule has 2 aliphatic heterocycles. The van der Waals surface area contributed by atoms with E-state index in [2.05, 4.69) is 5.32 Å². The van der Waals surface area contributed by atoms with Crippen molar-refractivity contribution in [1.29, 1.82) is 0 Å². The molecule has 2 saturated heterocycles. The van der Waals surface area contributed by atoms with Gasteiger partial charge in [0.25, 0.3) is 0 Å². The fourth-order valence-electron chi connectivity index (χ4n) is 6.92. The van der Waals surface area contributed by atoms with Gasteiger partial charge in [0.2, 0.25) is 5.91 Å². The van der Waals surface area contributed by atoms with Gasteiger partial charge < -0.3 is 20.7 Å². The Hall–Kier alpha value is -4.00. The molecule has 4 atom stereocenters. The summed E-state index contributed by atoms with van der Waals surface area (Å²) in [5.74, 6) is -2.71. The topological polar surface area (TPSA) is 148 Å². The van der Waals surface area contributed by atoms with E-state index in [4.69, 9.17) is 10.5 Å². The van der Waals surface area contributed by atoms with E-state index >= 15 is 4.39 Å². The summed E-state index contributed by atoms with van der Waals surface area (Å²) in [6.07, 6.45) is -13.7. The number of carbonyl (C=O) groups excluding carboxylic acids is 3. The lowest BCUT2D eigenvalue weighted by atomic mass is 9.77. The summed E-state index contributed by atoms with van der Waals surface area (Å²) in [5.41, 5.74) is -3.07. The highest BCUT2D eigenvalue weighted by molar-refractivity contribution is 7.92. The summed E-state index contributed by atoms with van der Waals surface area (Å²) in [5, 5.41) is 4.55. The quantitative estimate of drug-likeness (QED) is 0.314. The maximum Gasteiger partial charge on any atom is 0.435 e. The van der Waals surface area contributed by atoms with Crippen molar-refractivity contribution in [1.82, 2.24) is 15.5 Å². The zero-order chi connectivity index (χ0) is 35.4. The highest BCUT2D eigenvalue weighted by atomic mass is 32.2. The molecule has 19 heteroatoms. The van der Waals surface area contributed by atoms with Crippen LogP contribution in [0.4, 0.5) is 44.7 Å². The third-order valence-corrected chi connectivity index (χ3v) is 11.7. The van der Waals surface area contributed by atoms with Gasteiger partial charge in [-0.25, -0.2) is 26.8 Å². The number of benzene rings is 2. The monoisotopic (exact) mass is 712 g/mol. The summed E-state index contributed by atoms with van der Waals surface area (Å²) >= 11 is 0. The first-order valence-corrected chi connectivity index (χ1v) is 16.0. The van der Waals surface area contributed by atoms with Crippen molar-refractivity contribution < 1.29 is 62.7 Å². The van der Waals surface area contributed by atoms with E-state index in [9.17, 15) is 53.5 Å². The number of hydrogen-bond donors (Lipinski definition) is 3. The molecule has 4 N–H and O–H groups in total. The Morgan fingerprint density at radius 1 is 0.958 bits per heavy atom. The molecule has 2 heterocycles. The summed E-state index contributed by atoms with van der Waals surface area (Å²) < 4.78 is 142. The van der Waals surface area contributed by atoms with Crippen molar-refractivity contribution in [2.45, 2.75) is 65.4 Å². The van der Waals surface area contributed by atoms with E-state index in [1.165, 1.54) is 0 Å². The first-order chi connectivity index (χ1) is 22.3. The number of alkyl halides is 7. The van der Waals surface area contributed by atoms with Crippen LogP contribution in [0.15, 0.2) is 47.4 Å². The zero-order valence-electron chi connectivity index (χ0n) is 24.6. The van der Waals surface area contributed by atoms with Gasteiger partial charge in [0.05, 0.1) is 23.5 Å². The van der Waals surface area contributed by atoms with Crippen LogP contribution in [0.5, 0.6) is 0 Å². The van der Waals surface area contributed by atoms with Crippen LogP contribution in [0, 0.1) is 11.7 Å². The van der Waals surface area contributed by atoms with Crippen molar-refractivity contribution in [2.24, 2.45) is 11.7 Å². The van der Waals surface area contributed by atoms with Crippen LogP contribution in [0.2, 0.25) is 0 Å². The number of carbonyl (C=O) groups is 3. The lowest BCUT2D eigenvalue weighted by Gasteiger charge is -2.43. The number of sulfone groups is 1. The van der Waals surface area contributed by atoms with Crippen LogP contribution >= 0.6 is 0 Å². The second kappa shape index (κ2) is 12.2. The van der Waals surface area contributed by atoms with Crippen LogP contribution in [0.3, 0.4) is 0 Å². The second-order valence-corrected chi connectivity index (χ2v) is 14.0. The van der Waals surface area contributed by atoms with Crippen molar-refractivity contribution in [3.8, 4) is 0 Å². The molecule has 2 fully saturated rings. The maximum atomic E-state index is 15.0. The van der Waals surface area contributed by atoms with Gasteiger partial charge in [-0.15, -0.1) is 0 Å². The van der Waals surface area contributed by atoms with Gasteiger partial charge in [-0.05, 0) is 61.1 Å². The molecule has 48 heavy (non-hydrogen) atoms. The molecule has 5 rings (SSSR count).